The van der Waals surface area contributed by atoms with Crippen LogP contribution in [-0.2, 0) is 0 Å². The minimum absolute atomic E-state index is 0.0433. The highest BCUT2D eigenvalue weighted by Crippen LogP contribution is 2.20. The van der Waals surface area contributed by atoms with E-state index >= 15 is 0 Å². The molecule has 0 aliphatic carbocycles. The van der Waals surface area contributed by atoms with E-state index < -0.39 is 11.9 Å². The van der Waals surface area contributed by atoms with Crippen molar-refractivity contribution in [3.63, 3.8) is 0 Å². The lowest BCUT2D eigenvalue weighted by Gasteiger charge is -2.23. The van der Waals surface area contributed by atoms with E-state index in [1.165, 1.54) is 12.1 Å². The van der Waals surface area contributed by atoms with Crippen molar-refractivity contribution in [1.29, 1.82) is 0 Å². The van der Waals surface area contributed by atoms with Gasteiger partial charge in [0.1, 0.15) is 5.82 Å². The summed E-state index contributed by atoms with van der Waals surface area (Å²) in [7, 11) is 7.47. The van der Waals surface area contributed by atoms with Gasteiger partial charge in [-0.2, -0.15) is 0 Å². The van der Waals surface area contributed by atoms with Crippen molar-refractivity contribution in [2.75, 3.05) is 34.7 Å². The van der Waals surface area contributed by atoms with Crippen LogP contribution in [0.1, 0.15) is 11.7 Å². The minimum atomic E-state index is -0.860. The van der Waals surface area contributed by atoms with E-state index in [-0.39, 0.29) is 11.6 Å². The second kappa shape index (κ2) is 6.73. The molecule has 106 valence electrons. The second-order valence-corrected chi connectivity index (χ2v) is 5.03. The average Bonchev–Trinajstić information content (AvgIpc) is 2.31. The Morgan fingerprint density at radius 2 is 1.89 bits per heavy atom. The largest absolute Gasteiger partial charge is 0.386 e. The van der Waals surface area contributed by atoms with Crippen molar-refractivity contribution >= 4 is 17.6 Å². The second-order valence-electron chi connectivity index (χ2n) is 4.62. The fourth-order valence-electron chi connectivity index (χ4n) is 1.68. The highest BCUT2D eigenvalue weighted by Gasteiger charge is 2.11. The summed E-state index contributed by atoms with van der Waals surface area (Å²) in [6, 6.07) is 4.25. The topological polar surface area (TPSA) is 39.1 Å². The lowest BCUT2D eigenvalue weighted by Crippen LogP contribution is -2.35. The summed E-state index contributed by atoms with van der Waals surface area (Å²) in [6.45, 7) is 0.159. The van der Waals surface area contributed by atoms with Crippen molar-refractivity contribution in [3.05, 3.63) is 34.6 Å². The van der Waals surface area contributed by atoms with Gasteiger partial charge in [0.25, 0.3) is 0 Å². The van der Waals surface area contributed by atoms with Gasteiger partial charge >= 0.3 is 0 Å². The lowest BCUT2D eigenvalue weighted by molar-refractivity contribution is 0.186. The first-order valence-electron chi connectivity index (χ1n) is 5.85. The molecule has 19 heavy (non-hydrogen) atoms. The molecule has 0 aliphatic heterocycles. The molecule has 1 unspecified atom stereocenters. The lowest BCUT2D eigenvalue weighted by atomic mass is 10.1. The molecule has 1 aromatic rings. The Labute approximate surface area is 118 Å². The van der Waals surface area contributed by atoms with E-state index in [0.717, 1.165) is 5.96 Å². The highest BCUT2D eigenvalue weighted by atomic mass is 35.5. The molecule has 1 N–H and O–H groups in total. The molecule has 0 aliphatic rings. The molecule has 1 aromatic carbocycles. The Morgan fingerprint density at radius 1 is 1.32 bits per heavy atom. The summed E-state index contributed by atoms with van der Waals surface area (Å²) >= 11 is 5.60. The standard InChI is InChI=1S/C13H19ClFN3O/c1-17(2)13(18(3)4)16-8-12(19)9-5-6-10(14)11(15)7-9/h5-7,12,19H,8H2,1-4H3. The maximum Gasteiger partial charge on any atom is 0.195 e. The SMILES string of the molecule is CN(C)C(=NCC(O)c1ccc(Cl)c(F)c1)N(C)C. The Kier molecular flexibility index (Phi) is 5.57. The van der Waals surface area contributed by atoms with E-state index in [1.54, 1.807) is 6.07 Å². The van der Waals surface area contributed by atoms with Crippen LogP contribution < -0.4 is 0 Å². The number of halogens is 2. The molecule has 0 saturated heterocycles. The third-order valence-corrected chi connectivity index (χ3v) is 2.84. The van der Waals surface area contributed by atoms with Crippen LogP contribution in [0.3, 0.4) is 0 Å². The molecule has 0 bridgehead atoms. The predicted octanol–water partition coefficient (Wildman–Crippen LogP) is 1.99. The zero-order valence-electron chi connectivity index (χ0n) is 11.6. The number of aliphatic hydroxyl groups is 1. The number of hydrogen-bond donors (Lipinski definition) is 1. The zero-order valence-corrected chi connectivity index (χ0v) is 12.3. The molecule has 0 spiro atoms. The molecular formula is C13H19ClFN3O. The number of hydrogen-bond acceptors (Lipinski definition) is 2. The summed E-state index contributed by atoms with van der Waals surface area (Å²) < 4.78 is 13.3. The summed E-state index contributed by atoms with van der Waals surface area (Å²) in [4.78, 5) is 8.00. The summed E-state index contributed by atoms with van der Waals surface area (Å²) in [5.74, 6) is 0.191. The summed E-state index contributed by atoms with van der Waals surface area (Å²) in [5.41, 5.74) is 0.461. The van der Waals surface area contributed by atoms with Crippen molar-refractivity contribution in [2.24, 2.45) is 4.99 Å². The van der Waals surface area contributed by atoms with E-state index in [1.807, 2.05) is 38.0 Å². The Bertz CT molecular complexity index is 453. The number of aliphatic hydroxyl groups excluding tert-OH is 1. The Balaban J connectivity index is 2.81. The van der Waals surface area contributed by atoms with Gasteiger partial charge in [0.2, 0.25) is 0 Å². The number of rotatable bonds is 3. The van der Waals surface area contributed by atoms with Gasteiger partial charge < -0.3 is 14.9 Å². The fourth-order valence-corrected chi connectivity index (χ4v) is 1.79. The van der Waals surface area contributed by atoms with Gasteiger partial charge in [0.15, 0.2) is 5.96 Å². The van der Waals surface area contributed by atoms with Crippen molar-refractivity contribution < 1.29 is 9.50 Å². The van der Waals surface area contributed by atoms with Crippen molar-refractivity contribution in [3.8, 4) is 0 Å². The molecule has 1 atom stereocenters. The van der Waals surface area contributed by atoms with Crippen LogP contribution in [-0.4, -0.2) is 55.6 Å². The number of nitrogens with zero attached hydrogens (tertiary/aromatic N) is 3. The van der Waals surface area contributed by atoms with Crippen LogP contribution in [0.2, 0.25) is 5.02 Å². The Morgan fingerprint density at radius 3 is 2.37 bits per heavy atom. The predicted molar refractivity (Wildman–Crippen MR) is 76.0 cm³/mol. The molecular weight excluding hydrogens is 269 g/mol. The highest BCUT2D eigenvalue weighted by molar-refractivity contribution is 6.30. The molecule has 4 nitrogen and oxygen atoms in total. The van der Waals surface area contributed by atoms with Gasteiger partial charge in [0, 0.05) is 28.2 Å². The third-order valence-electron chi connectivity index (χ3n) is 2.53. The van der Waals surface area contributed by atoms with Crippen LogP contribution in [0.4, 0.5) is 4.39 Å². The number of benzene rings is 1. The van der Waals surface area contributed by atoms with Crippen molar-refractivity contribution in [2.45, 2.75) is 6.10 Å². The first-order chi connectivity index (χ1) is 8.82. The van der Waals surface area contributed by atoms with Crippen molar-refractivity contribution in [1.82, 2.24) is 9.80 Å². The van der Waals surface area contributed by atoms with Gasteiger partial charge in [-0.25, -0.2) is 9.38 Å². The van der Waals surface area contributed by atoms with Gasteiger partial charge in [-0.3, -0.25) is 0 Å². The summed E-state index contributed by atoms with van der Waals surface area (Å²) in [5, 5.41) is 10.0. The van der Waals surface area contributed by atoms with Gasteiger partial charge in [-0.1, -0.05) is 17.7 Å². The van der Waals surface area contributed by atoms with Gasteiger partial charge in [-0.15, -0.1) is 0 Å². The minimum Gasteiger partial charge on any atom is -0.386 e. The van der Waals surface area contributed by atoms with Crippen LogP contribution in [0.5, 0.6) is 0 Å². The van der Waals surface area contributed by atoms with E-state index in [9.17, 15) is 9.50 Å². The smallest absolute Gasteiger partial charge is 0.195 e. The van der Waals surface area contributed by atoms with E-state index in [2.05, 4.69) is 4.99 Å². The average molecular weight is 288 g/mol. The number of guanidine groups is 1. The first kappa shape index (κ1) is 15.7. The molecule has 6 heteroatoms. The van der Waals surface area contributed by atoms with Gasteiger partial charge in [-0.05, 0) is 17.7 Å². The molecule has 0 fully saturated rings. The number of aliphatic imine (C=N–C) groups is 1. The molecule has 0 radical (unpaired) electrons. The Hall–Kier alpha value is -1.33. The molecule has 0 heterocycles. The first-order valence-corrected chi connectivity index (χ1v) is 6.22. The quantitative estimate of drug-likeness (QED) is 0.683. The molecule has 0 aromatic heterocycles. The molecule has 0 saturated carbocycles. The maximum absolute atomic E-state index is 13.3. The summed E-state index contributed by atoms with van der Waals surface area (Å²) in [6.07, 6.45) is -0.860. The monoisotopic (exact) mass is 287 g/mol. The zero-order chi connectivity index (χ0) is 14.6. The van der Waals surface area contributed by atoms with E-state index in [4.69, 9.17) is 11.6 Å². The van der Waals surface area contributed by atoms with Crippen LogP contribution >= 0.6 is 11.6 Å². The molecule has 1 rings (SSSR count). The normalized spacial score (nSPS) is 11.9. The fraction of sp³-hybridized carbons (Fsp3) is 0.462. The van der Waals surface area contributed by atoms with Crippen LogP contribution in [0.25, 0.3) is 0 Å². The van der Waals surface area contributed by atoms with Gasteiger partial charge in [0.05, 0.1) is 17.7 Å². The maximum atomic E-state index is 13.3. The van der Waals surface area contributed by atoms with Crippen LogP contribution in [0, 0.1) is 5.82 Å². The molecule has 0 amide bonds. The third kappa shape index (κ3) is 4.36. The van der Waals surface area contributed by atoms with Crippen LogP contribution in [0.15, 0.2) is 23.2 Å². The van der Waals surface area contributed by atoms with E-state index in [0.29, 0.717) is 5.56 Å².